The zero-order chi connectivity index (χ0) is 23.8. The lowest BCUT2D eigenvalue weighted by atomic mass is 9.48. The molecule has 0 unspecified atom stereocenters. The van der Waals surface area contributed by atoms with Gasteiger partial charge in [0.25, 0.3) is 5.91 Å². The van der Waals surface area contributed by atoms with Crippen LogP contribution >= 0.6 is 22.7 Å². The van der Waals surface area contributed by atoms with Gasteiger partial charge in [-0.05, 0) is 86.1 Å². The molecule has 0 aromatic carbocycles. The van der Waals surface area contributed by atoms with Crippen LogP contribution in [0.15, 0.2) is 23.6 Å². The van der Waals surface area contributed by atoms with E-state index in [2.05, 4.69) is 17.2 Å². The van der Waals surface area contributed by atoms with Crippen LogP contribution in [0.3, 0.4) is 0 Å². The van der Waals surface area contributed by atoms with Crippen molar-refractivity contribution in [1.82, 2.24) is 10.3 Å². The van der Waals surface area contributed by atoms with Crippen LogP contribution in [0.1, 0.15) is 60.7 Å². The summed E-state index contributed by atoms with van der Waals surface area (Å²) in [5, 5.41) is 4.76. The first kappa shape index (κ1) is 22.3. The molecule has 34 heavy (non-hydrogen) atoms. The first-order valence-corrected chi connectivity index (χ1v) is 13.5. The Hall–Kier alpha value is -2.13. The predicted molar refractivity (Wildman–Crippen MR) is 130 cm³/mol. The summed E-state index contributed by atoms with van der Waals surface area (Å²) in [6, 6.07) is 4.50. The summed E-state index contributed by atoms with van der Waals surface area (Å²) in [5.41, 5.74) is 5.56. The van der Waals surface area contributed by atoms with Gasteiger partial charge in [-0.25, -0.2) is 4.98 Å². The number of anilines is 1. The molecule has 3 N–H and O–H groups in total. The third-order valence-electron chi connectivity index (χ3n) is 8.34. The monoisotopic (exact) mass is 505 g/mol. The largest absolute Gasteiger partial charge is 0.417 e. The van der Waals surface area contributed by atoms with Crippen molar-refractivity contribution in [2.45, 2.75) is 57.7 Å². The maximum absolute atomic E-state index is 14.0. The SMILES string of the molecule is C[C@H](NC(=O)c1sc2nc(-c3cccs3)cc(C(F)(F)F)c2c1N)C12CC3CC(CC(C3)C1)C2. The minimum absolute atomic E-state index is 0.0465. The fraction of sp³-hybridized carbons (Fsp3) is 0.520. The number of hydrogen-bond donors (Lipinski definition) is 2. The van der Waals surface area contributed by atoms with Crippen LogP contribution < -0.4 is 11.1 Å². The van der Waals surface area contributed by atoms with Crippen LogP contribution in [0.25, 0.3) is 20.8 Å². The Morgan fingerprint density at radius 1 is 1.21 bits per heavy atom. The summed E-state index contributed by atoms with van der Waals surface area (Å²) in [4.78, 5) is 18.7. The van der Waals surface area contributed by atoms with Gasteiger partial charge in [0.15, 0.2) is 0 Å². The molecule has 7 rings (SSSR count). The second-order valence-electron chi connectivity index (χ2n) is 10.5. The van der Waals surface area contributed by atoms with Crippen LogP contribution in [-0.4, -0.2) is 16.9 Å². The molecule has 4 saturated carbocycles. The molecule has 0 radical (unpaired) electrons. The number of hydrogen-bond acceptors (Lipinski definition) is 5. The van der Waals surface area contributed by atoms with Crippen molar-refractivity contribution in [2.75, 3.05) is 5.73 Å². The predicted octanol–water partition coefficient (Wildman–Crippen LogP) is 6.96. The van der Waals surface area contributed by atoms with Gasteiger partial charge < -0.3 is 11.1 Å². The van der Waals surface area contributed by atoms with Crippen molar-refractivity contribution in [1.29, 1.82) is 0 Å². The third-order valence-corrected chi connectivity index (χ3v) is 10.3. The summed E-state index contributed by atoms with van der Waals surface area (Å²) >= 11 is 2.27. The number of amides is 1. The molecule has 180 valence electrons. The lowest BCUT2D eigenvalue weighted by Gasteiger charge is -2.59. The number of carbonyl (C=O) groups excluding carboxylic acids is 1. The Kier molecular flexibility index (Phi) is 5.05. The van der Waals surface area contributed by atoms with E-state index in [1.807, 2.05) is 0 Å². The highest BCUT2D eigenvalue weighted by molar-refractivity contribution is 7.21. The van der Waals surface area contributed by atoms with Gasteiger partial charge in [0.2, 0.25) is 0 Å². The van der Waals surface area contributed by atoms with Crippen molar-refractivity contribution in [3.8, 4) is 10.6 Å². The first-order valence-electron chi connectivity index (χ1n) is 11.8. The van der Waals surface area contributed by atoms with Crippen molar-refractivity contribution in [2.24, 2.45) is 23.2 Å². The summed E-state index contributed by atoms with van der Waals surface area (Å²) in [5.74, 6) is 1.84. The maximum Gasteiger partial charge on any atom is 0.417 e. The van der Waals surface area contributed by atoms with Gasteiger partial charge in [-0.3, -0.25) is 4.79 Å². The molecule has 0 aliphatic heterocycles. The van der Waals surface area contributed by atoms with Gasteiger partial charge in [-0.15, -0.1) is 22.7 Å². The molecule has 1 amide bonds. The molecule has 4 bridgehead atoms. The molecule has 0 spiro atoms. The number of carbonyl (C=O) groups is 1. The lowest BCUT2D eigenvalue weighted by molar-refractivity contribution is -0.136. The van der Waals surface area contributed by atoms with Crippen LogP contribution in [-0.2, 0) is 6.18 Å². The summed E-state index contributed by atoms with van der Waals surface area (Å²) < 4.78 is 42.0. The number of fused-ring (bicyclic) bond motifs is 1. The van der Waals surface area contributed by atoms with E-state index in [0.717, 1.165) is 54.4 Å². The molecule has 4 nitrogen and oxygen atoms in total. The van der Waals surface area contributed by atoms with E-state index in [9.17, 15) is 18.0 Å². The van der Waals surface area contributed by atoms with Crippen LogP contribution in [0.4, 0.5) is 18.9 Å². The van der Waals surface area contributed by atoms with Gasteiger partial charge in [-0.1, -0.05) is 6.07 Å². The first-order chi connectivity index (χ1) is 16.1. The van der Waals surface area contributed by atoms with E-state index >= 15 is 0 Å². The topological polar surface area (TPSA) is 68.0 Å². The molecule has 9 heteroatoms. The number of rotatable bonds is 4. The summed E-state index contributed by atoms with van der Waals surface area (Å²) in [6.07, 6.45) is 2.71. The van der Waals surface area contributed by atoms with E-state index in [0.29, 0.717) is 4.88 Å². The zero-order valence-corrected chi connectivity index (χ0v) is 20.4. The Bertz CT molecular complexity index is 1230. The van der Waals surface area contributed by atoms with E-state index < -0.39 is 17.6 Å². The van der Waals surface area contributed by atoms with Gasteiger partial charge in [-0.2, -0.15) is 13.2 Å². The van der Waals surface area contributed by atoms with Crippen LogP contribution in [0.5, 0.6) is 0 Å². The number of aromatic nitrogens is 1. The maximum atomic E-state index is 14.0. The number of nitrogens with one attached hydrogen (secondary N) is 1. The quantitative estimate of drug-likeness (QED) is 0.403. The number of alkyl halides is 3. The number of nitrogens with two attached hydrogens (primary N) is 1. The number of nitrogen functional groups attached to an aromatic ring is 1. The van der Waals surface area contributed by atoms with Crippen molar-refractivity contribution < 1.29 is 18.0 Å². The molecule has 1 atom stereocenters. The van der Waals surface area contributed by atoms with Gasteiger partial charge >= 0.3 is 6.18 Å². The van der Waals surface area contributed by atoms with Crippen molar-refractivity contribution >= 4 is 44.5 Å². The second kappa shape index (κ2) is 7.68. The minimum Gasteiger partial charge on any atom is -0.397 e. The highest BCUT2D eigenvalue weighted by Crippen LogP contribution is 2.61. The van der Waals surface area contributed by atoms with E-state index in [-0.39, 0.29) is 37.9 Å². The van der Waals surface area contributed by atoms with Crippen LogP contribution in [0.2, 0.25) is 0 Å². The summed E-state index contributed by atoms with van der Waals surface area (Å²) in [7, 11) is 0. The van der Waals surface area contributed by atoms with E-state index in [1.165, 1.54) is 30.6 Å². The number of pyridine rings is 1. The minimum atomic E-state index is -4.61. The Balaban J connectivity index is 1.35. The lowest BCUT2D eigenvalue weighted by Crippen LogP contribution is -2.55. The molecule has 3 aromatic rings. The molecular formula is C25H26F3N3OS2. The zero-order valence-electron chi connectivity index (χ0n) is 18.7. The fourth-order valence-corrected chi connectivity index (χ4v) is 8.90. The average molecular weight is 506 g/mol. The van der Waals surface area contributed by atoms with Gasteiger partial charge in [0.1, 0.15) is 9.71 Å². The standard InChI is InChI=1S/C25H26F3N3OS2/c1-12(24-9-13-5-14(10-24)7-15(6-13)11-24)30-22(32)21-20(29)19-16(25(26,27)28)8-17(31-23(19)34-21)18-3-2-4-33-18/h2-4,8,12-15H,5-7,9-11,29H2,1H3,(H,30,32)/t12-,13?,14?,15?,24?/m0/s1. The van der Waals surface area contributed by atoms with Gasteiger partial charge in [0.05, 0.1) is 21.8 Å². The smallest absolute Gasteiger partial charge is 0.397 e. The normalized spacial score (nSPS) is 29.0. The molecule has 4 aliphatic rings. The third kappa shape index (κ3) is 3.54. The van der Waals surface area contributed by atoms with E-state index in [1.54, 1.807) is 17.5 Å². The fourth-order valence-electron chi connectivity index (χ4n) is 7.19. The highest BCUT2D eigenvalue weighted by Gasteiger charge is 2.53. The molecule has 3 heterocycles. The van der Waals surface area contributed by atoms with Crippen LogP contribution in [0, 0.1) is 23.2 Å². The molecule has 3 aromatic heterocycles. The number of thiophene rings is 2. The van der Waals surface area contributed by atoms with E-state index in [4.69, 9.17) is 5.73 Å². The van der Waals surface area contributed by atoms with Gasteiger partial charge in [0, 0.05) is 11.4 Å². The molecule has 4 fully saturated rings. The average Bonchev–Trinajstić information content (AvgIpc) is 3.40. The Labute approximate surface area is 203 Å². The Morgan fingerprint density at radius 3 is 2.41 bits per heavy atom. The Morgan fingerprint density at radius 2 is 1.85 bits per heavy atom. The number of halogens is 3. The van der Waals surface area contributed by atoms with Crippen molar-refractivity contribution in [3.63, 3.8) is 0 Å². The highest BCUT2D eigenvalue weighted by atomic mass is 32.1. The molecule has 4 aliphatic carbocycles. The number of nitrogens with zero attached hydrogens (tertiary/aromatic N) is 1. The summed E-state index contributed by atoms with van der Waals surface area (Å²) in [6.45, 7) is 2.06. The van der Waals surface area contributed by atoms with Crippen molar-refractivity contribution in [3.05, 3.63) is 34.0 Å². The molecular weight excluding hydrogens is 479 g/mol. The second-order valence-corrected chi connectivity index (χ2v) is 12.5. The molecule has 0 saturated heterocycles.